The minimum absolute atomic E-state index is 0.213. The monoisotopic (exact) mass is 560 g/mol. The van der Waals surface area contributed by atoms with Gasteiger partial charge >= 0.3 is 6.18 Å². The van der Waals surface area contributed by atoms with Gasteiger partial charge < -0.3 is 16.0 Å². The molecule has 0 spiro atoms. The topological polar surface area (TPSA) is 92.6 Å². The summed E-state index contributed by atoms with van der Waals surface area (Å²) < 4.78 is 40.6. The van der Waals surface area contributed by atoms with E-state index in [1.54, 1.807) is 16.4 Å². The van der Waals surface area contributed by atoms with E-state index in [0.717, 1.165) is 30.7 Å². The number of hydrogen-bond acceptors (Lipinski definition) is 7. The fraction of sp³-hybridized carbons (Fsp3) is 0.320. The van der Waals surface area contributed by atoms with Crippen molar-refractivity contribution in [1.82, 2.24) is 30.3 Å². The summed E-state index contributed by atoms with van der Waals surface area (Å²) >= 11 is 6.80. The van der Waals surface area contributed by atoms with Crippen LogP contribution >= 0.6 is 24.0 Å². The van der Waals surface area contributed by atoms with Gasteiger partial charge in [0.1, 0.15) is 0 Å². The third-order valence-electron chi connectivity index (χ3n) is 5.38. The molecular formula is C25H27F3N8S2. The van der Waals surface area contributed by atoms with Crippen LogP contribution in [0, 0.1) is 0 Å². The summed E-state index contributed by atoms with van der Waals surface area (Å²) in [6.45, 7) is 3.56. The number of rotatable bonds is 11. The number of aryl methyl sites for hydroxylation is 2. The molecule has 3 N–H and O–H groups in total. The van der Waals surface area contributed by atoms with E-state index < -0.39 is 11.7 Å². The lowest BCUT2D eigenvalue weighted by atomic mass is 10.1. The number of benzene rings is 2. The Kier molecular flexibility index (Phi) is 9.34. The van der Waals surface area contributed by atoms with E-state index >= 15 is 0 Å². The van der Waals surface area contributed by atoms with Gasteiger partial charge in [-0.1, -0.05) is 60.3 Å². The zero-order valence-corrected chi connectivity index (χ0v) is 22.3. The Labute approximate surface area is 227 Å². The van der Waals surface area contributed by atoms with Gasteiger partial charge in [-0.15, -0.1) is 5.10 Å². The van der Waals surface area contributed by atoms with E-state index in [9.17, 15) is 13.2 Å². The van der Waals surface area contributed by atoms with Crippen LogP contribution in [-0.2, 0) is 19.1 Å². The first-order valence-corrected chi connectivity index (χ1v) is 13.5. The molecule has 4 aromatic rings. The summed E-state index contributed by atoms with van der Waals surface area (Å²) in [6.07, 6.45) is -2.64. The second kappa shape index (κ2) is 12.9. The molecule has 0 bridgehead atoms. The van der Waals surface area contributed by atoms with Gasteiger partial charge in [-0.2, -0.15) is 13.2 Å². The number of anilines is 2. The first kappa shape index (κ1) is 27.6. The van der Waals surface area contributed by atoms with E-state index in [1.807, 2.05) is 18.2 Å². The molecule has 0 aliphatic carbocycles. The summed E-state index contributed by atoms with van der Waals surface area (Å²) in [7, 11) is 0. The molecule has 0 aliphatic heterocycles. The largest absolute Gasteiger partial charge is 0.416 e. The lowest BCUT2D eigenvalue weighted by Gasteiger charge is -2.13. The molecule has 2 aromatic heterocycles. The van der Waals surface area contributed by atoms with Crippen LogP contribution < -0.4 is 16.0 Å². The van der Waals surface area contributed by atoms with Gasteiger partial charge in [0.05, 0.1) is 5.56 Å². The highest BCUT2D eigenvalue weighted by Crippen LogP contribution is 2.30. The molecule has 8 nitrogen and oxygen atoms in total. The van der Waals surface area contributed by atoms with Gasteiger partial charge in [0.15, 0.2) is 27.3 Å². The molecule has 4 rings (SSSR count). The number of hydrogen-bond donors (Lipinski definition) is 3. The molecule has 0 amide bonds. The Morgan fingerprint density at radius 2 is 1.87 bits per heavy atom. The highest BCUT2D eigenvalue weighted by Gasteiger charge is 2.30. The van der Waals surface area contributed by atoms with Crippen molar-refractivity contribution in [3.8, 4) is 0 Å². The third kappa shape index (κ3) is 7.54. The molecule has 0 radical (unpaired) electrons. The molecule has 0 unspecified atom stereocenters. The molecule has 0 atom stereocenters. The Hall–Kier alpha value is -3.45. The molecule has 0 saturated heterocycles. The molecular weight excluding hydrogens is 533 g/mol. The van der Waals surface area contributed by atoms with Crippen LogP contribution in [0.2, 0.25) is 0 Å². The minimum Gasteiger partial charge on any atom is -0.366 e. The maximum Gasteiger partial charge on any atom is 0.416 e. The predicted molar refractivity (Wildman–Crippen MR) is 148 cm³/mol. The number of thioether (sulfide) groups is 1. The summed E-state index contributed by atoms with van der Waals surface area (Å²) in [5, 5.41) is 18.5. The normalized spacial score (nSPS) is 11.5. The Morgan fingerprint density at radius 3 is 2.63 bits per heavy atom. The van der Waals surface area contributed by atoms with Crippen molar-refractivity contribution in [1.29, 1.82) is 0 Å². The zero-order chi connectivity index (χ0) is 27.0. The van der Waals surface area contributed by atoms with Crippen molar-refractivity contribution >= 4 is 51.8 Å². The van der Waals surface area contributed by atoms with E-state index in [2.05, 4.69) is 50.3 Å². The lowest BCUT2D eigenvalue weighted by molar-refractivity contribution is -0.137. The molecule has 38 heavy (non-hydrogen) atoms. The van der Waals surface area contributed by atoms with Crippen LogP contribution in [0.5, 0.6) is 0 Å². The SMILES string of the molecule is CCCSc1nc(NCCNC(=S)Nc2cccc(C(F)(F)F)c2)c2nnn(CCc3ccccc3)c2n1. The highest BCUT2D eigenvalue weighted by molar-refractivity contribution is 7.99. The molecule has 200 valence electrons. The summed E-state index contributed by atoms with van der Waals surface area (Å²) in [4.78, 5) is 9.33. The fourth-order valence-corrected chi connectivity index (χ4v) is 4.47. The van der Waals surface area contributed by atoms with Crippen molar-refractivity contribution in [3.05, 3.63) is 65.7 Å². The summed E-state index contributed by atoms with van der Waals surface area (Å²) in [5.41, 5.74) is 1.95. The molecule has 2 heterocycles. The van der Waals surface area contributed by atoms with Crippen LogP contribution in [-0.4, -0.2) is 48.9 Å². The van der Waals surface area contributed by atoms with Crippen molar-refractivity contribution in [2.45, 2.75) is 37.6 Å². The average molecular weight is 561 g/mol. The Bertz CT molecular complexity index is 1360. The molecule has 0 saturated carbocycles. The molecule has 0 fully saturated rings. The number of halogens is 3. The van der Waals surface area contributed by atoms with Crippen LogP contribution in [0.1, 0.15) is 24.5 Å². The van der Waals surface area contributed by atoms with Crippen molar-refractivity contribution < 1.29 is 13.2 Å². The first-order valence-electron chi connectivity index (χ1n) is 12.1. The maximum atomic E-state index is 12.9. The van der Waals surface area contributed by atoms with Crippen LogP contribution in [0.4, 0.5) is 24.7 Å². The second-order valence-electron chi connectivity index (χ2n) is 8.31. The zero-order valence-electron chi connectivity index (χ0n) is 20.6. The van der Waals surface area contributed by atoms with Crippen LogP contribution in [0.25, 0.3) is 11.2 Å². The van der Waals surface area contributed by atoms with Crippen molar-refractivity contribution in [2.24, 2.45) is 0 Å². The van der Waals surface area contributed by atoms with E-state index in [-0.39, 0.29) is 10.8 Å². The Morgan fingerprint density at radius 1 is 1.05 bits per heavy atom. The summed E-state index contributed by atoms with van der Waals surface area (Å²) in [6, 6.07) is 15.0. The van der Waals surface area contributed by atoms with Crippen molar-refractivity contribution in [2.75, 3.05) is 29.5 Å². The van der Waals surface area contributed by atoms with Crippen molar-refractivity contribution in [3.63, 3.8) is 0 Å². The smallest absolute Gasteiger partial charge is 0.366 e. The van der Waals surface area contributed by atoms with Gasteiger partial charge in [-0.3, -0.25) is 0 Å². The quantitative estimate of drug-likeness (QED) is 0.0967. The number of aromatic nitrogens is 5. The number of alkyl halides is 3. The minimum atomic E-state index is -4.42. The molecule has 2 aromatic carbocycles. The second-order valence-corrected chi connectivity index (χ2v) is 9.78. The standard InChI is InChI=1S/C25H27F3N8S2/c1-2-15-38-24-32-21(20-22(33-24)36(35-34-20)14-11-17-7-4-3-5-8-17)29-12-13-30-23(37)31-19-10-6-9-18(16-19)25(26,27)28/h3-10,16H,2,11-15H2,1H3,(H,29,32,33)(H2,30,31,37). The van der Waals surface area contributed by atoms with Gasteiger partial charge in [-0.05, 0) is 48.8 Å². The molecule has 13 heteroatoms. The van der Waals surface area contributed by atoms with E-state index in [4.69, 9.17) is 17.2 Å². The highest BCUT2D eigenvalue weighted by atomic mass is 32.2. The first-order chi connectivity index (χ1) is 18.3. The van der Waals surface area contributed by atoms with Crippen LogP contribution in [0.3, 0.4) is 0 Å². The fourth-order valence-electron chi connectivity index (χ4n) is 3.55. The lowest BCUT2D eigenvalue weighted by Crippen LogP contribution is -2.32. The van der Waals surface area contributed by atoms with Gasteiger partial charge in [-0.25, -0.2) is 14.6 Å². The number of fused-ring (bicyclic) bond motifs is 1. The van der Waals surface area contributed by atoms with E-state index in [1.165, 1.54) is 17.7 Å². The number of nitrogens with zero attached hydrogens (tertiary/aromatic N) is 5. The third-order valence-corrected chi connectivity index (χ3v) is 6.68. The average Bonchev–Trinajstić information content (AvgIpc) is 3.32. The molecule has 0 aliphatic rings. The summed E-state index contributed by atoms with van der Waals surface area (Å²) in [5.74, 6) is 1.45. The van der Waals surface area contributed by atoms with Crippen LogP contribution in [0.15, 0.2) is 59.8 Å². The van der Waals surface area contributed by atoms with Gasteiger partial charge in [0.25, 0.3) is 0 Å². The Balaban J connectivity index is 1.38. The predicted octanol–water partition coefficient (Wildman–Crippen LogP) is 5.38. The number of thiocarbonyl (C=S) groups is 1. The van der Waals surface area contributed by atoms with Gasteiger partial charge in [0.2, 0.25) is 0 Å². The maximum absolute atomic E-state index is 12.9. The number of nitrogens with one attached hydrogen (secondary N) is 3. The van der Waals surface area contributed by atoms with Gasteiger partial charge in [0, 0.05) is 31.1 Å². The van der Waals surface area contributed by atoms with E-state index in [0.29, 0.717) is 41.8 Å².